The standard InChI is InChI=1S/C18H10FN3/c19-12-5-3-7-14-15(12)11-8-9-20-17-10-4-1-2-6-13(10)21-18(22-14)16(11)17/h1-9H,(H,21,22). The summed E-state index contributed by atoms with van der Waals surface area (Å²) in [5.41, 5.74) is 3.88. The van der Waals surface area contributed by atoms with E-state index in [0.29, 0.717) is 5.56 Å². The van der Waals surface area contributed by atoms with Crippen LogP contribution in [0, 0.1) is 5.82 Å². The van der Waals surface area contributed by atoms with Crippen LogP contribution in [0.5, 0.6) is 0 Å². The average Bonchev–Trinajstić information content (AvgIpc) is 2.55. The monoisotopic (exact) mass is 287 g/mol. The van der Waals surface area contributed by atoms with Crippen molar-refractivity contribution in [1.29, 1.82) is 0 Å². The maximum atomic E-state index is 14.3. The van der Waals surface area contributed by atoms with Crippen molar-refractivity contribution in [3.05, 3.63) is 60.5 Å². The molecule has 3 nitrogen and oxygen atoms in total. The van der Waals surface area contributed by atoms with Gasteiger partial charge in [-0.15, -0.1) is 0 Å². The number of pyridine rings is 2. The first-order valence-electron chi connectivity index (χ1n) is 7.06. The minimum Gasteiger partial charge on any atom is -0.339 e. The molecule has 2 aromatic carbocycles. The molecule has 4 aromatic rings. The first kappa shape index (κ1) is 11.6. The lowest BCUT2D eigenvalue weighted by Crippen LogP contribution is -2.05. The fourth-order valence-corrected chi connectivity index (χ4v) is 3.18. The Kier molecular flexibility index (Phi) is 2.12. The molecule has 0 unspecified atom stereocenters. The van der Waals surface area contributed by atoms with Gasteiger partial charge in [0.15, 0.2) is 0 Å². The minimum atomic E-state index is -0.240. The number of halogens is 1. The quantitative estimate of drug-likeness (QED) is 0.421. The predicted molar refractivity (Wildman–Crippen MR) is 85.7 cm³/mol. The summed E-state index contributed by atoms with van der Waals surface area (Å²) in [5.74, 6) is 0.492. The SMILES string of the molecule is Fc1cccc2c1-c1ccnc3c1c(nc1ccccc13)N2. The molecule has 0 fully saturated rings. The predicted octanol–water partition coefficient (Wildman–Crippen LogP) is 4.65. The molecule has 0 atom stereocenters. The molecule has 1 N–H and O–H groups in total. The van der Waals surface area contributed by atoms with Gasteiger partial charge in [-0.05, 0) is 24.3 Å². The van der Waals surface area contributed by atoms with Crippen LogP contribution in [0.4, 0.5) is 15.9 Å². The molecule has 0 radical (unpaired) electrons. The van der Waals surface area contributed by atoms with E-state index in [4.69, 9.17) is 0 Å². The van der Waals surface area contributed by atoms with E-state index in [1.54, 1.807) is 12.3 Å². The third-order valence-corrected chi connectivity index (χ3v) is 4.12. The van der Waals surface area contributed by atoms with Crippen molar-refractivity contribution in [1.82, 2.24) is 9.97 Å². The van der Waals surface area contributed by atoms with Crippen molar-refractivity contribution >= 4 is 33.3 Å². The van der Waals surface area contributed by atoms with Crippen molar-refractivity contribution in [2.45, 2.75) is 0 Å². The number of benzene rings is 2. The lowest BCUT2D eigenvalue weighted by molar-refractivity contribution is 0.632. The van der Waals surface area contributed by atoms with E-state index in [2.05, 4.69) is 15.3 Å². The first-order chi connectivity index (χ1) is 10.8. The Balaban J connectivity index is 2.04. The summed E-state index contributed by atoms with van der Waals surface area (Å²) in [6, 6.07) is 14.8. The topological polar surface area (TPSA) is 37.8 Å². The summed E-state index contributed by atoms with van der Waals surface area (Å²) in [4.78, 5) is 9.20. The van der Waals surface area contributed by atoms with Gasteiger partial charge in [0, 0.05) is 22.7 Å². The number of para-hydroxylation sites is 1. The van der Waals surface area contributed by atoms with Gasteiger partial charge in [0.1, 0.15) is 11.6 Å². The van der Waals surface area contributed by atoms with Crippen LogP contribution in [0.25, 0.3) is 32.9 Å². The van der Waals surface area contributed by atoms with Crippen LogP contribution in [-0.4, -0.2) is 9.97 Å². The summed E-state index contributed by atoms with van der Waals surface area (Å²) < 4.78 is 14.3. The molecule has 1 aliphatic heterocycles. The molecule has 5 rings (SSSR count). The second-order valence-corrected chi connectivity index (χ2v) is 5.35. The Hall–Kier alpha value is -3.01. The van der Waals surface area contributed by atoms with Gasteiger partial charge in [-0.2, -0.15) is 0 Å². The zero-order chi connectivity index (χ0) is 14.7. The molecule has 1 aliphatic rings. The molecule has 0 amide bonds. The van der Waals surface area contributed by atoms with E-state index < -0.39 is 0 Å². The molecule has 22 heavy (non-hydrogen) atoms. The van der Waals surface area contributed by atoms with Gasteiger partial charge in [0.2, 0.25) is 0 Å². The maximum absolute atomic E-state index is 14.3. The van der Waals surface area contributed by atoms with E-state index in [1.807, 2.05) is 36.4 Å². The number of nitrogens with zero attached hydrogens (tertiary/aromatic N) is 2. The number of rotatable bonds is 0. The van der Waals surface area contributed by atoms with Crippen molar-refractivity contribution in [3.8, 4) is 11.1 Å². The van der Waals surface area contributed by atoms with E-state index in [-0.39, 0.29) is 5.82 Å². The van der Waals surface area contributed by atoms with Gasteiger partial charge in [0.25, 0.3) is 0 Å². The molecule has 4 heteroatoms. The van der Waals surface area contributed by atoms with E-state index >= 15 is 0 Å². The van der Waals surface area contributed by atoms with Crippen LogP contribution in [0.3, 0.4) is 0 Å². The number of hydrogen-bond acceptors (Lipinski definition) is 3. The van der Waals surface area contributed by atoms with Gasteiger partial charge >= 0.3 is 0 Å². The first-order valence-corrected chi connectivity index (χ1v) is 7.06. The number of aromatic nitrogens is 2. The van der Waals surface area contributed by atoms with E-state index in [9.17, 15) is 4.39 Å². The Bertz CT molecular complexity index is 1070. The summed E-state index contributed by atoms with van der Waals surface area (Å²) in [7, 11) is 0. The molecule has 0 spiro atoms. The number of fused-ring (bicyclic) bond motifs is 4. The van der Waals surface area contributed by atoms with E-state index in [1.165, 1.54) is 6.07 Å². The fourth-order valence-electron chi connectivity index (χ4n) is 3.18. The van der Waals surface area contributed by atoms with Gasteiger partial charge < -0.3 is 5.32 Å². The van der Waals surface area contributed by atoms with E-state index in [0.717, 1.165) is 38.9 Å². The normalized spacial score (nSPS) is 12.2. The fraction of sp³-hybridized carbons (Fsp3) is 0. The summed E-state index contributed by atoms with van der Waals surface area (Å²) in [5, 5.41) is 5.10. The molecule has 0 bridgehead atoms. The summed E-state index contributed by atoms with van der Waals surface area (Å²) in [6.07, 6.45) is 1.73. The largest absolute Gasteiger partial charge is 0.339 e. The Labute approximate surface area is 125 Å². The lowest BCUT2D eigenvalue weighted by Gasteiger charge is -2.22. The molecule has 0 saturated carbocycles. The average molecular weight is 287 g/mol. The highest BCUT2D eigenvalue weighted by molar-refractivity contribution is 6.16. The van der Waals surface area contributed by atoms with Crippen molar-refractivity contribution in [2.75, 3.05) is 5.32 Å². The van der Waals surface area contributed by atoms with Crippen LogP contribution in [0.2, 0.25) is 0 Å². The highest BCUT2D eigenvalue weighted by Crippen LogP contribution is 2.44. The van der Waals surface area contributed by atoms with Crippen LogP contribution in [0.1, 0.15) is 0 Å². The second kappa shape index (κ2) is 4.01. The molecular weight excluding hydrogens is 277 g/mol. The lowest BCUT2D eigenvalue weighted by atomic mass is 9.95. The maximum Gasteiger partial charge on any atom is 0.141 e. The zero-order valence-corrected chi connectivity index (χ0v) is 11.5. The second-order valence-electron chi connectivity index (χ2n) is 5.35. The molecular formula is C18H10FN3. The van der Waals surface area contributed by atoms with Gasteiger partial charge in [-0.25, -0.2) is 9.37 Å². The third kappa shape index (κ3) is 1.39. The van der Waals surface area contributed by atoms with Gasteiger partial charge in [-0.3, -0.25) is 4.98 Å². The van der Waals surface area contributed by atoms with Crippen molar-refractivity contribution in [2.24, 2.45) is 0 Å². The van der Waals surface area contributed by atoms with Crippen LogP contribution in [-0.2, 0) is 0 Å². The van der Waals surface area contributed by atoms with Crippen LogP contribution >= 0.6 is 0 Å². The number of anilines is 2. The third-order valence-electron chi connectivity index (χ3n) is 4.12. The molecule has 0 saturated heterocycles. The highest BCUT2D eigenvalue weighted by Gasteiger charge is 2.23. The van der Waals surface area contributed by atoms with Crippen LogP contribution in [0.15, 0.2) is 54.7 Å². The molecule has 104 valence electrons. The zero-order valence-electron chi connectivity index (χ0n) is 11.5. The van der Waals surface area contributed by atoms with Crippen molar-refractivity contribution in [3.63, 3.8) is 0 Å². The molecule has 2 aromatic heterocycles. The highest BCUT2D eigenvalue weighted by atomic mass is 19.1. The van der Waals surface area contributed by atoms with Gasteiger partial charge in [-0.1, -0.05) is 24.3 Å². The van der Waals surface area contributed by atoms with Crippen molar-refractivity contribution < 1.29 is 4.39 Å². The number of nitrogens with one attached hydrogen (secondary N) is 1. The minimum absolute atomic E-state index is 0.240. The Morgan fingerprint density at radius 3 is 2.82 bits per heavy atom. The van der Waals surface area contributed by atoms with Gasteiger partial charge in [0.05, 0.1) is 22.1 Å². The van der Waals surface area contributed by atoms with Crippen LogP contribution < -0.4 is 5.32 Å². The summed E-state index contributed by atoms with van der Waals surface area (Å²) in [6.45, 7) is 0. The molecule has 3 heterocycles. The Morgan fingerprint density at radius 2 is 1.86 bits per heavy atom. The summed E-state index contributed by atoms with van der Waals surface area (Å²) >= 11 is 0. The Morgan fingerprint density at radius 1 is 0.955 bits per heavy atom. The smallest absolute Gasteiger partial charge is 0.141 e. The molecule has 0 aliphatic carbocycles. The number of hydrogen-bond donors (Lipinski definition) is 1.